The van der Waals surface area contributed by atoms with Gasteiger partial charge in [-0.2, -0.15) is 0 Å². The summed E-state index contributed by atoms with van der Waals surface area (Å²) in [5, 5.41) is 3.65. The molecule has 3 unspecified atom stereocenters. The summed E-state index contributed by atoms with van der Waals surface area (Å²) in [4.78, 5) is 9.71. The molecule has 0 saturated heterocycles. The number of hydrogen-bond acceptors (Lipinski definition) is 3. The third-order valence-electron chi connectivity index (χ3n) is 4.96. The summed E-state index contributed by atoms with van der Waals surface area (Å²) >= 11 is 0. The molecular weight excluding hydrogens is 258 g/mol. The van der Waals surface area contributed by atoms with E-state index in [1.54, 1.807) is 0 Å². The molecule has 116 valence electrons. The Morgan fingerprint density at radius 2 is 1.95 bits per heavy atom. The Morgan fingerprint density at radius 3 is 2.57 bits per heavy atom. The zero-order chi connectivity index (χ0) is 15.2. The van der Waals surface area contributed by atoms with Crippen molar-refractivity contribution < 1.29 is 0 Å². The minimum absolute atomic E-state index is 0.206. The largest absolute Gasteiger partial charge is 0.312 e. The minimum Gasteiger partial charge on any atom is -0.312 e. The maximum absolute atomic E-state index is 4.90. The molecule has 1 aromatic heterocycles. The van der Waals surface area contributed by atoms with E-state index in [0.717, 1.165) is 37.0 Å². The molecule has 3 heteroatoms. The van der Waals surface area contributed by atoms with Crippen LogP contribution in [0.5, 0.6) is 0 Å². The molecule has 3 nitrogen and oxygen atoms in total. The zero-order valence-corrected chi connectivity index (χ0v) is 14.2. The van der Waals surface area contributed by atoms with Gasteiger partial charge in [-0.15, -0.1) is 0 Å². The second-order valence-corrected chi connectivity index (χ2v) is 8.15. The Hall–Kier alpha value is -0.960. The number of fused-ring (bicyclic) bond motifs is 1. The van der Waals surface area contributed by atoms with Crippen LogP contribution in [0, 0.1) is 18.8 Å². The zero-order valence-electron chi connectivity index (χ0n) is 14.2. The first-order chi connectivity index (χ1) is 9.83. The van der Waals surface area contributed by atoms with Crippen LogP contribution >= 0.6 is 0 Å². The molecule has 3 atom stereocenters. The van der Waals surface area contributed by atoms with Gasteiger partial charge in [0.25, 0.3) is 0 Å². The number of aryl methyl sites for hydroxylation is 2. The molecule has 0 amide bonds. The van der Waals surface area contributed by atoms with Crippen molar-refractivity contribution in [1.82, 2.24) is 15.3 Å². The average molecular weight is 287 g/mol. The molecule has 1 heterocycles. The lowest BCUT2D eigenvalue weighted by atomic mass is 9.85. The van der Waals surface area contributed by atoms with E-state index < -0.39 is 0 Å². The maximum Gasteiger partial charge on any atom is 0.132 e. The smallest absolute Gasteiger partial charge is 0.132 e. The molecule has 0 spiro atoms. The highest BCUT2D eigenvalue weighted by Gasteiger charge is 2.37. The molecule has 1 fully saturated rings. The predicted molar refractivity (Wildman–Crippen MR) is 86.6 cm³/mol. The van der Waals surface area contributed by atoms with Gasteiger partial charge in [0.1, 0.15) is 5.82 Å². The first-order valence-corrected chi connectivity index (χ1v) is 8.45. The molecular formula is C18H29N3. The summed E-state index contributed by atoms with van der Waals surface area (Å²) in [7, 11) is 0. The van der Waals surface area contributed by atoms with E-state index in [9.17, 15) is 0 Å². The Kier molecular flexibility index (Phi) is 3.81. The van der Waals surface area contributed by atoms with E-state index in [4.69, 9.17) is 9.97 Å². The summed E-state index contributed by atoms with van der Waals surface area (Å²) in [6.45, 7) is 12.3. The Balaban J connectivity index is 1.71. The number of rotatable bonds is 3. The van der Waals surface area contributed by atoms with E-state index in [2.05, 4.69) is 39.9 Å². The van der Waals surface area contributed by atoms with E-state index in [0.29, 0.717) is 5.92 Å². The van der Waals surface area contributed by atoms with Crippen LogP contribution in [-0.4, -0.2) is 22.1 Å². The van der Waals surface area contributed by atoms with Crippen LogP contribution in [0.25, 0.3) is 0 Å². The van der Waals surface area contributed by atoms with Gasteiger partial charge in [0.15, 0.2) is 0 Å². The summed E-state index contributed by atoms with van der Waals surface area (Å²) in [5.41, 5.74) is 4.20. The third kappa shape index (κ3) is 3.45. The van der Waals surface area contributed by atoms with Gasteiger partial charge in [0.2, 0.25) is 0 Å². The van der Waals surface area contributed by atoms with Crippen molar-refractivity contribution >= 4 is 0 Å². The van der Waals surface area contributed by atoms with Gasteiger partial charge in [-0.05, 0) is 77.3 Å². The Labute approximate surface area is 129 Å². The second-order valence-electron chi connectivity index (χ2n) is 8.15. The van der Waals surface area contributed by atoms with Crippen LogP contribution in [0.15, 0.2) is 0 Å². The molecule has 21 heavy (non-hydrogen) atoms. The van der Waals surface area contributed by atoms with Crippen LogP contribution in [0.3, 0.4) is 0 Å². The van der Waals surface area contributed by atoms with Gasteiger partial charge in [-0.3, -0.25) is 0 Å². The SMILES string of the molecule is Cc1nc(C2CC2C)nc2c1CC(CNC(C)(C)C)CC2. The lowest BCUT2D eigenvalue weighted by Crippen LogP contribution is -2.40. The van der Waals surface area contributed by atoms with Gasteiger partial charge in [0.05, 0.1) is 0 Å². The lowest BCUT2D eigenvalue weighted by molar-refractivity contribution is 0.346. The van der Waals surface area contributed by atoms with Crippen molar-refractivity contribution in [2.24, 2.45) is 11.8 Å². The van der Waals surface area contributed by atoms with Crippen LogP contribution in [0.2, 0.25) is 0 Å². The quantitative estimate of drug-likeness (QED) is 0.926. The van der Waals surface area contributed by atoms with E-state index in [-0.39, 0.29) is 5.54 Å². The monoisotopic (exact) mass is 287 g/mol. The third-order valence-corrected chi connectivity index (χ3v) is 4.96. The highest BCUT2D eigenvalue weighted by atomic mass is 15.0. The molecule has 2 aliphatic rings. The highest BCUT2D eigenvalue weighted by Crippen LogP contribution is 2.45. The van der Waals surface area contributed by atoms with Crippen LogP contribution in [0.4, 0.5) is 0 Å². The van der Waals surface area contributed by atoms with Crippen molar-refractivity contribution in [3.05, 3.63) is 22.8 Å². The number of hydrogen-bond donors (Lipinski definition) is 1. The minimum atomic E-state index is 0.206. The predicted octanol–water partition coefficient (Wildman–Crippen LogP) is 3.40. The Morgan fingerprint density at radius 1 is 1.24 bits per heavy atom. The molecule has 3 rings (SSSR count). The van der Waals surface area contributed by atoms with Gasteiger partial charge in [0, 0.05) is 22.8 Å². The standard InChI is InChI=1S/C18H29N3/c1-11-8-14(11)17-20-12(2)15-9-13(6-7-16(15)21-17)10-19-18(3,4)5/h11,13-14,19H,6-10H2,1-5H3. The molecule has 0 aromatic carbocycles. The number of nitrogens with one attached hydrogen (secondary N) is 1. The van der Waals surface area contributed by atoms with E-state index >= 15 is 0 Å². The van der Waals surface area contributed by atoms with Crippen LogP contribution < -0.4 is 5.32 Å². The molecule has 1 aromatic rings. The van der Waals surface area contributed by atoms with Crippen LogP contribution in [-0.2, 0) is 12.8 Å². The molecule has 2 aliphatic carbocycles. The summed E-state index contributed by atoms with van der Waals surface area (Å²) in [5.74, 6) is 3.26. The van der Waals surface area contributed by atoms with Crippen molar-refractivity contribution in [2.45, 2.75) is 71.8 Å². The fourth-order valence-electron chi connectivity index (χ4n) is 3.36. The average Bonchev–Trinajstić information content (AvgIpc) is 3.13. The first-order valence-electron chi connectivity index (χ1n) is 8.45. The Bertz CT molecular complexity index is 530. The molecule has 1 N–H and O–H groups in total. The first kappa shape index (κ1) is 15.0. The van der Waals surface area contributed by atoms with Crippen molar-refractivity contribution in [3.63, 3.8) is 0 Å². The van der Waals surface area contributed by atoms with Gasteiger partial charge in [-0.25, -0.2) is 9.97 Å². The lowest BCUT2D eigenvalue weighted by Gasteiger charge is -2.29. The van der Waals surface area contributed by atoms with Crippen molar-refractivity contribution in [1.29, 1.82) is 0 Å². The molecule has 0 radical (unpaired) electrons. The van der Waals surface area contributed by atoms with Crippen molar-refractivity contribution in [2.75, 3.05) is 6.54 Å². The van der Waals surface area contributed by atoms with Gasteiger partial charge >= 0.3 is 0 Å². The fraction of sp³-hybridized carbons (Fsp3) is 0.778. The van der Waals surface area contributed by atoms with Gasteiger partial charge in [-0.1, -0.05) is 6.92 Å². The topological polar surface area (TPSA) is 37.8 Å². The normalized spacial score (nSPS) is 28.3. The van der Waals surface area contributed by atoms with Crippen molar-refractivity contribution in [3.8, 4) is 0 Å². The summed E-state index contributed by atoms with van der Waals surface area (Å²) in [6, 6.07) is 0. The highest BCUT2D eigenvalue weighted by molar-refractivity contribution is 5.30. The summed E-state index contributed by atoms with van der Waals surface area (Å²) in [6.07, 6.45) is 4.80. The fourth-order valence-corrected chi connectivity index (χ4v) is 3.36. The second kappa shape index (κ2) is 5.35. The van der Waals surface area contributed by atoms with Crippen LogP contribution in [0.1, 0.15) is 69.2 Å². The number of aromatic nitrogens is 2. The maximum atomic E-state index is 4.90. The molecule has 1 saturated carbocycles. The molecule has 0 aliphatic heterocycles. The van der Waals surface area contributed by atoms with E-state index in [1.165, 1.54) is 29.8 Å². The summed E-state index contributed by atoms with van der Waals surface area (Å²) < 4.78 is 0. The van der Waals surface area contributed by atoms with Gasteiger partial charge < -0.3 is 5.32 Å². The number of nitrogens with zero attached hydrogens (tertiary/aromatic N) is 2. The molecule has 0 bridgehead atoms. The van der Waals surface area contributed by atoms with E-state index in [1.807, 2.05) is 0 Å².